The number of hydrogen-bond donors (Lipinski definition) is 0. The lowest BCUT2D eigenvalue weighted by Crippen LogP contribution is -2.48. The molecule has 0 N–H and O–H groups in total. The third-order valence-electron chi connectivity index (χ3n) is 6.32. The van der Waals surface area contributed by atoms with Crippen molar-refractivity contribution in [2.24, 2.45) is 0 Å². The first-order valence-corrected chi connectivity index (χ1v) is 10.8. The second kappa shape index (κ2) is 9.32. The molecule has 2 fully saturated rings. The highest BCUT2D eigenvalue weighted by Gasteiger charge is 2.31. The van der Waals surface area contributed by atoms with Crippen molar-refractivity contribution in [2.75, 3.05) is 52.4 Å². The van der Waals surface area contributed by atoms with Gasteiger partial charge in [-0.15, -0.1) is 0 Å². The number of nitrogens with zero attached hydrogens (tertiary/aromatic N) is 4. The van der Waals surface area contributed by atoms with Crippen LogP contribution in [0.25, 0.3) is 0 Å². The summed E-state index contributed by atoms with van der Waals surface area (Å²) in [5.41, 5.74) is 2.91. The van der Waals surface area contributed by atoms with E-state index in [1.807, 2.05) is 0 Å². The van der Waals surface area contributed by atoms with E-state index in [4.69, 9.17) is 0 Å². The van der Waals surface area contributed by atoms with Crippen LogP contribution in [0.3, 0.4) is 0 Å². The van der Waals surface area contributed by atoms with Gasteiger partial charge in [0.15, 0.2) is 0 Å². The molecule has 146 valence electrons. The maximum absolute atomic E-state index is 2.62. The Balaban J connectivity index is 1.84. The highest BCUT2D eigenvalue weighted by atomic mass is 15.4. The molecule has 0 amide bonds. The molecule has 0 saturated carbocycles. The van der Waals surface area contributed by atoms with Gasteiger partial charge in [0.2, 0.25) is 0 Å². The van der Waals surface area contributed by atoms with Crippen molar-refractivity contribution in [1.82, 2.24) is 19.6 Å². The molecule has 3 rings (SSSR count). The normalized spacial score (nSPS) is 22.9. The van der Waals surface area contributed by atoms with Gasteiger partial charge in [-0.25, -0.2) is 0 Å². The van der Waals surface area contributed by atoms with Crippen LogP contribution in [-0.2, 0) is 0 Å². The van der Waals surface area contributed by atoms with Crippen molar-refractivity contribution in [2.45, 2.75) is 52.9 Å². The van der Waals surface area contributed by atoms with Crippen LogP contribution in [0.15, 0.2) is 24.3 Å². The summed E-state index contributed by atoms with van der Waals surface area (Å²) in [7, 11) is 0. The first-order valence-electron chi connectivity index (χ1n) is 10.8. The monoisotopic (exact) mass is 358 g/mol. The minimum atomic E-state index is 0.448. The minimum Gasteiger partial charge on any atom is -0.284 e. The predicted octanol–water partition coefficient (Wildman–Crippen LogP) is 3.78. The summed E-state index contributed by atoms with van der Waals surface area (Å²) in [4.78, 5) is 10.5. The Hall–Kier alpha value is -0.940. The van der Waals surface area contributed by atoms with E-state index in [1.165, 1.54) is 50.1 Å². The molecule has 2 aliphatic heterocycles. The molecule has 26 heavy (non-hydrogen) atoms. The Bertz CT molecular complexity index is 471. The Kier molecular flexibility index (Phi) is 7.10. The van der Waals surface area contributed by atoms with Crippen LogP contribution in [0.1, 0.15) is 64.0 Å². The maximum Gasteiger partial charge on any atom is 0.0886 e. The summed E-state index contributed by atoms with van der Waals surface area (Å²) in [6, 6.07) is 9.58. The molecular formula is C22H38N4. The van der Waals surface area contributed by atoms with Crippen molar-refractivity contribution < 1.29 is 0 Å². The topological polar surface area (TPSA) is 13.0 Å². The van der Waals surface area contributed by atoms with Gasteiger partial charge in [0, 0.05) is 26.2 Å². The van der Waals surface area contributed by atoms with Crippen LogP contribution in [-0.4, -0.2) is 72.0 Å². The van der Waals surface area contributed by atoms with Crippen LogP contribution in [0.5, 0.6) is 0 Å². The fourth-order valence-corrected chi connectivity index (χ4v) is 4.91. The predicted molar refractivity (Wildman–Crippen MR) is 110 cm³/mol. The molecule has 2 heterocycles. The summed E-state index contributed by atoms with van der Waals surface area (Å²) < 4.78 is 0. The highest BCUT2D eigenvalue weighted by Crippen LogP contribution is 2.32. The lowest BCUT2D eigenvalue weighted by atomic mass is 10.0. The number of benzene rings is 1. The Labute approximate surface area is 160 Å². The molecule has 2 aliphatic rings. The maximum atomic E-state index is 2.62. The smallest absolute Gasteiger partial charge is 0.0886 e. The summed E-state index contributed by atoms with van der Waals surface area (Å²) in [6.45, 7) is 18.5. The van der Waals surface area contributed by atoms with Gasteiger partial charge in [-0.1, -0.05) is 52.0 Å². The lowest BCUT2D eigenvalue weighted by molar-refractivity contribution is 0.00731. The van der Waals surface area contributed by atoms with Gasteiger partial charge in [-0.3, -0.25) is 19.6 Å². The summed E-state index contributed by atoms with van der Waals surface area (Å²) in [5.74, 6) is 0. The number of hydrogen-bond acceptors (Lipinski definition) is 4. The molecule has 1 aromatic carbocycles. The second-order valence-corrected chi connectivity index (χ2v) is 7.64. The molecule has 0 aromatic heterocycles. The average molecular weight is 359 g/mol. The van der Waals surface area contributed by atoms with Gasteiger partial charge in [0.1, 0.15) is 0 Å². The van der Waals surface area contributed by atoms with Crippen molar-refractivity contribution in [3.05, 3.63) is 35.4 Å². The molecule has 4 heteroatoms. The quantitative estimate of drug-likeness (QED) is 0.767. The minimum absolute atomic E-state index is 0.448. The van der Waals surface area contributed by atoms with E-state index < -0.39 is 0 Å². The zero-order chi connectivity index (χ0) is 18.5. The zero-order valence-corrected chi connectivity index (χ0v) is 17.3. The van der Waals surface area contributed by atoms with Crippen molar-refractivity contribution in [3.63, 3.8) is 0 Å². The van der Waals surface area contributed by atoms with Gasteiger partial charge in [-0.05, 0) is 50.1 Å². The highest BCUT2D eigenvalue weighted by molar-refractivity contribution is 5.27. The Morgan fingerprint density at radius 2 is 0.846 bits per heavy atom. The molecular weight excluding hydrogens is 320 g/mol. The summed E-state index contributed by atoms with van der Waals surface area (Å²) >= 11 is 0. The third kappa shape index (κ3) is 3.99. The van der Waals surface area contributed by atoms with E-state index in [-0.39, 0.29) is 0 Å². The van der Waals surface area contributed by atoms with Gasteiger partial charge >= 0.3 is 0 Å². The molecule has 4 nitrogen and oxygen atoms in total. The zero-order valence-electron chi connectivity index (χ0n) is 17.3. The largest absolute Gasteiger partial charge is 0.284 e. The van der Waals surface area contributed by atoms with E-state index in [9.17, 15) is 0 Å². The van der Waals surface area contributed by atoms with Gasteiger partial charge in [0.25, 0.3) is 0 Å². The third-order valence-corrected chi connectivity index (χ3v) is 6.32. The van der Waals surface area contributed by atoms with Crippen molar-refractivity contribution in [3.8, 4) is 0 Å². The van der Waals surface area contributed by atoms with Crippen LogP contribution >= 0.6 is 0 Å². The van der Waals surface area contributed by atoms with E-state index in [0.717, 1.165) is 26.2 Å². The van der Waals surface area contributed by atoms with Gasteiger partial charge in [-0.2, -0.15) is 0 Å². The van der Waals surface area contributed by atoms with E-state index >= 15 is 0 Å². The molecule has 0 bridgehead atoms. The molecule has 0 radical (unpaired) electrons. The summed E-state index contributed by atoms with van der Waals surface area (Å²) in [5, 5.41) is 0. The SMILES string of the molecule is CCN1CCCN(CC)C1c1ccc(C2N(CC)CCCN2CC)cc1. The summed E-state index contributed by atoms with van der Waals surface area (Å²) in [6.07, 6.45) is 3.47. The Morgan fingerprint density at radius 1 is 0.577 bits per heavy atom. The Morgan fingerprint density at radius 3 is 1.08 bits per heavy atom. The van der Waals surface area contributed by atoms with Gasteiger partial charge < -0.3 is 0 Å². The van der Waals surface area contributed by atoms with Crippen LogP contribution in [0.4, 0.5) is 0 Å². The lowest BCUT2D eigenvalue weighted by Gasteiger charge is -2.44. The van der Waals surface area contributed by atoms with E-state index in [2.05, 4.69) is 71.6 Å². The van der Waals surface area contributed by atoms with Crippen LogP contribution in [0.2, 0.25) is 0 Å². The van der Waals surface area contributed by atoms with E-state index in [1.54, 1.807) is 0 Å². The molecule has 0 atom stereocenters. The molecule has 0 aliphatic carbocycles. The standard InChI is InChI=1S/C22H38N4/c1-5-23-15-9-16-24(6-2)21(23)19-11-13-20(14-12-19)22-25(7-3)17-10-18-26(22)8-4/h11-14,21-22H,5-10,15-18H2,1-4H3. The van der Waals surface area contributed by atoms with E-state index in [0.29, 0.717) is 12.3 Å². The van der Waals surface area contributed by atoms with Crippen LogP contribution in [0, 0.1) is 0 Å². The first kappa shape index (κ1) is 19.8. The fraction of sp³-hybridized carbons (Fsp3) is 0.727. The molecule has 0 unspecified atom stereocenters. The molecule has 1 aromatic rings. The second-order valence-electron chi connectivity index (χ2n) is 7.64. The first-order chi connectivity index (χ1) is 12.7. The molecule has 2 saturated heterocycles. The fourth-order valence-electron chi connectivity index (χ4n) is 4.91. The average Bonchev–Trinajstić information content (AvgIpc) is 2.72. The van der Waals surface area contributed by atoms with Gasteiger partial charge in [0.05, 0.1) is 12.3 Å². The van der Waals surface area contributed by atoms with Crippen molar-refractivity contribution in [1.29, 1.82) is 0 Å². The molecule has 0 spiro atoms. The van der Waals surface area contributed by atoms with Crippen LogP contribution < -0.4 is 0 Å². The van der Waals surface area contributed by atoms with Crippen molar-refractivity contribution >= 4 is 0 Å². The number of rotatable bonds is 6.